The molecule has 1 heterocycles. The van der Waals surface area contributed by atoms with E-state index < -0.39 is 0 Å². The highest BCUT2D eigenvalue weighted by Gasteiger charge is 2.13. The van der Waals surface area contributed by atoms with Gasteiger partial charge in [0.2, 0.25) is 5.91 Å². The molecule has 0 radical (unpaired) electrons. The van der Waals surface area contributed by atoms with Crippen LogP contribution in [0.3, 0.4) is 0 Å². The number of nitrogens with zero attached hydrogens (tertiary/aromatic N) is 2. The Labute approximate surface area is 106 Å². The summed E-state index contributed by atoms with van der Waals surface area (Å²) < 4.78 is 6.46. The number of nitrogens with one attached hydrogen (secondary N) is 1. The normalized spacial score (nSPS) is 10.2. The van der Waals surface area contributed by atoms with Crippen LogP contribution in [0.5, 0.6) is 0 Å². The van der Waals surface area contributed by atoms with Crippen LogP contribution in [0.25, 0.3) is 0 Å². The van der Waals surface area contributed by atoms with E-state index in [0.29, 0.717) is 12.3 Å². The van der Waals surface area contributed by atoms with Crippen LogP contribution >= 0.6 is 0 Å². The molecule has 0 aliphatic carbocycles. The number of anilines is 1. The largest absolute Gasteiger partial charge is 0.466 e. The summed E-state index contributed by atoms with van der Waals surface area (Å²) in [6.45, 7) is 5.77. The van der Waals surface area contributed by atoms with Gasteiger partial charge in [-0.3, -0.25) is 14.3 Å². The maximum absolute atomic E-state index is 11.7. The van der Waals surface area contributed by atoms with E-state index in [1.54, 1.807) is 11.6 Å². The van der Waals surface area contributed by atoms with Gasteiger partial charge >= 0.3 is 5.97 Å². The Hall–Kier alpha value is -1.85. The van der Waals surface area contributed by atoms with Crippen LogP contribution in [0, 0.1) is 13.8 Å². The van der Waals surface area contributed by atoms with Gasteiger partial charge in [0.15, 0.2) is 0 Å². The van der Waals surface area contributed by atoms with E-state index in [0.717, 1.165) is 11.4 Å². The third-order valence-corrected chi connectivity index (χ3v) is 2.63. The number of rotatable bonds is 5. The molecule has 0 aliphatic heterocycles. The van der Waals surface area contributed by atoms with Crippen molar-refractivity contribution in [2.24, 2.45) is 7.05 Å². The van der Waals surface area contributed by atoms with E-state index in [-0.39, 0.29) is 24.7 Å². The van der Waals surface area contributed by atoms with Crippen LogP contribution in [0.1, 0.15) is 31.2 Å². The Morgan fingerprint density at radius 1 is 1.33 bits per heavy atom. The molecular weight excluding hydrogens is 234 g/mol. The number of hydrogen-bond acceptors (Lipinski definition) is 4. The standard InChI is InChI=1S/C12H19N3O3/c1-5-18-11(17)7-6-10(16)13-12-8(2)14-15(4)9(12)3/h5-7H2,1-4H3,(H,13,16). The third kappa shape index (κ3) is 3.58. The average molecular weight is 253 g/mol. The summed E-state index contributed by atoms with van der Waals surface area (Å²) in [5, 5.41) is 6.97. The summed E-state index contributed by atoms with van der Waals surface area (Å²) in [6, 6.07) is 0. The predicted octanol–water partition coefficient (Wildman–Crippen LogP) is 1.32. The minimum absolute atomic E-state index is 0.0953. The van der Waals surface area contributed by atoms with Crippen LogP contribution in [0.15, 0.2) is 0 Å². The molecule has 100 valence electrons. The van der Waals surface area contributed by atoms with E-state index in [1.165, 1.54) is 0 Å². The maximum atomic E-state index is 11.7. The molecule has 0 spiro atoms. The van der Waals surface area contributed by atoms with Crippen LogP contribution in [0.2, 0.25) is 0 Å². The van der Waals surface area contributed by atoms with Gasteiger partial charge in [-0.1, -0.05) is 0 Å². The highest BCUT2D eigenvalue weighted by molar-refractivity contribution is 5.93. The Bertz CT molecular complexity index is 452. The second-order valence-electron chi connectivity index (χ2n) is 4.02. The lowest BCUT2D eigenvalue weighted by atomic mass is 10.2. The summed E-state index contributed by atoms with van der Waals surface area (Å²) in [5.41, 5.74) is 2.36. The number of aryl methyl sites for hydroxylation is 2. The van der Waals surface area contributed by atoms with E-state index in [9.17, 15) is 9.59 Å². The average Bonchev–Trinajstić information content (AvgIpc) is 2.54. The summed E-state index contributed by atoms with van der Waals surface area (Å²) in [7, 11) is 1.82. The minimum Gasteiger partial charge on any atom is -0.466 e. The molecule has 18 heavy (non-hydrogen) atoms. The van der Waals surface area contributed by atoms with E-state index >= 15 is 0 Å². The number of hydrogen-bond donors (Lipinski definition) is 1. The van der Waals surface area contributed by atoms with Crippen molar-refractivity contribution in [3.8, 4) is 0 Å². The van der Waals surface area contributed by atoms with Gasteiger partial charge in [0.1, 0.15) is 0 Å². The van der Waals surface area contributed by atoms with Gasteiger partial charge in [0.05, 0.1) is 30.1 Å². The maximum Gasteiger partial charge on any atom is 0.306 e. The quantitative estimate of drug-likeness (QED) is 0.803. The van der Waals surface area contributed by atoms with Gasteiger partial charge < -0.3 is 10.1 Å². The summed E-state index contributed by atoms with van der Waals surface area (Å²) in [4.78, 5) is 22.8. The first-order chi connectivity index (χ1) is 8.45. The van der Waals surface area contributed by atoms with Crippen LogP contribution < -0.4 is 5.32 Å². The van der Waals surface area contributed by atoms with Crippen molar-refractivity contribution in [1.82, 2.24) is 9.78 Å². The van der Waals surface area contributed by atoms with Crippen LogP contribution in [0.4, 0.5) is 5.69 Å². The number of amides is 1. The van der Waals surface area contributed by atoms with E-state index in [2.05, 4.69) is 10.4 Å². The monoisotopic (exact) mass is 253 g/mol. The zero-order chi connectivity index (χ0) is 13.7. The SMILES string of the molecule is CCOC(=O)CCC(=O)Nc1c(C)nn(C)c1C. The number of carbonyl (C=O) groups excluding carboxylic acids is 2. The predicted molar refractivity (Wildman–Crippen MR) is 67.2 cm³/mol. The van der Waals surface area contributed by atoms with Gasteiger partial charge in [0.25, 0.3) is 0 Å². The molecular formula is C12H19N3O3. The molecule has 6 nitrogen and oxygen atoms in total. The summed E-state index contributed by atoms with van der Waals surface area (Å²) in [6.07, 6.45) is 0.213. The molecule has 6 heteroatoms. The molecule has 1 N–H and O–H groups in total. The van der Waals surface area contributed by atoms with E-state index in [4.69, 9.17) is 4.74 Å². The second kappa shape index (κ2) is 6.18. The molecule has 1 aromatic heterocycles. The van der Waals surface area contributed by atoms with Gasteiger partial charge in [0, 0.05) is 13.5 Å². The van der Waals surface area contributed by atoms with Gasteiger partial charge in [-0.2, -0.15) is 5.10 Å². The van der Waals surface area contributed by atoms with Crippen molar-refractivity contribution in [1.29, 1.82) is 0 Å². The van der Waals surface area contributed by atoms with Crippen molar-refractivity contribution in [3.63, 3.8) is 0 Å². The first-order valence-corrected chi connectivity index (χ1v) is 5.91. The number of carbonyl (C=O) groups is 2. The molecule has 1 amide bonds. The molecule has 0 atom stereocenters. The Morgan fingerprint density at radius 3 is 2.50 bits per heavy atom. The van der Waals surface area contributed by atoms with Crippen LogP contribution in [-0.4, -0.2) is 28.3 Å². The summed E-state index contributed by atoms with van der Waals surface area (Å²) in [5.74, 6) is -0.561. The fourth-order valence-corrected chi connectivity index (χ4v) is 1.61. The Balaban J connectivity index is 2.52. The van der Waals surface area contributed by atoms with E-state index in [1.807, 2.05) is 20.9 Å². The lowest BCUT2D eigenvalue weighted by Crippen LogP contribution is -2.15. The number of ether oxygens (including phenoxy) is 1. The molecule has 0 saturated heterocycles. The van der Waals surface area contributed by atoms with Crippen molar-refractivity contribution in [2.75, 3.05) is 11.9 Å². The first-order valence-electron chi connectivity index (χ1n) is 5.91. The first kappa shape index (κ1) is 14.2. The zero-order valence-electron chi connectivity index (χ0n) is 11.2. The zero-order valence-corrected chi connectivity index (χ0v) is 11.2. The number of esters is 1. The smallest absolute Gasteiger partial charge is 0.306 e. The molecule has 0 fully saturated rings. The lowest BCUT2D eigenvalue weighted by molar-refractivity contribution is -0.144. The summed E-state index contributed by atoms with van der Waals surface area (Å²) >= 11 is 0. The topological polar surface area (TPSA) is 73.2 Å². The molecule has 1 rings (SSSR count). The number of aromatic nitrogens is 2. The molecule has 0 aromatic carbocycles. The minimum atomic E-state index is -0.354. The highest BCUT2D eigenvalue weighted by Crippen LogP contribution is 2.18. The fraction of sp³-hybridized carbons (Fsp3) is 0.583. The molecule has 0 aliphatic rings. The molecule has 0 unspecified atom stereocenters. The Morgan fingerprint density at radius 2 is 2.00 bits per heavy atom. The van der Waals surface area contributed by atoms with Crippen molar-refractivity contribution >= 4 is 17.6 Å². The second-order valence-corrected chi connectivity index (χ2v) is 4.02. The van der Waals surface area contributed by atoms with Crippen molar-refractivity contribution in [2.45, 2.75) is 33.6 Å². The third-order valence-electron chi connectivity index (χ3n) is 2.63. The van der Waals surface area contributed by atoms with Crippen molar-refractivity contribution < 1.29 is 14.3 Å². The molecule has 0 saturated carbocycles. The van der Waals surface area contributed by atoms with Gasteiger partial charge in [-0.25, -0.2) is 0 Å². The Kier molecular flexibility index (Phi) is 4.88. The van der Waals surface area contributed by atoms with Crippen LogP contribution in [-0.2, 0) is 21.4 Å². The fourth-order valence-electron chi connectivity index (χ4n) is 1.61. The lowest BCUT2D eigenvalue weighted by Gasteiger charge is -2.05. The highest BCUT2D eigenvalue weighted by atomic mass is 16.5. The van der Waals surface area contributed by atoms with Gasteiger partial charge in [-0.15, -0.1) is 0 Å². The van der Waals surface area contributed by atoms with Gasteiger partial charge in [-0.05, 0) is 20.8 Å². The molecule has 1 aromatic rings. The van der Waals surface area contributed by atoms with Crippen molar-refractivity contribution in [3.05, 3.63) is 11.4 Å². The molecule has 0 bridgehead atoms.